The van der Waals surface area contributed by atoms with Crippen LogP contribution in [0.25, 0.3) is 0 Å². The Morgan fingerprint density at radius 3 is 2.72 bits per heavy atom. The number of hydrogen-bond donors (Lipinski definition) is 0. The van der Waals surface area contributed by atoms with Crippen molar-refractivity contribution in [3.05, 3.63) is 29.3 Å². The van der Waals surface area contributed by atoms with Crippen LogP contribution < -0.4 is 0 Å². The summed E-state index contributed by atoms with van der Waals surface area (Å²) in [5.41, 5.74) is 1.83. The normalized spacial score (nSPS) is 21.4. The van der Waals surface area contributed by atoms with E-state index in [0.29, 0.717) is 11.4 Å². The summed E-state index contributed by atoms with van der Waals surface area (Å²) in [7, 11) is -3.32. The lowest BCUT2D eigenvalue weighted by atomic mass is 10.2. The monoisotopic (exact) mass is 267 g/mol. The summed E-state index contributed by atoms with van der Waals surface area (Å²) in [4.78, 5) is 0.475. The zero-order chi connectivity index (χ0) is 13.3. The number of aryl methyl sites for hydroxylation is 2. The summed E-state index contributed by atoms with van der Waals surface area (Å²) in [5.74, 6) is 0. The van der Waals surface area contributed by atoms with Crippen molar-refractivity contribution in [2.75, 3.05) is 6.54 Å². The number of rotatable bonds is 3. The lowest BCUT2D eigenvalue weighted by Crippen LogP contribution is -2.35. The summed E-state index contributed by atoms with van der Waals surface area (Å²) in [5, 5.41) is 0. The Hall–Kier alpha value is -0.870. The molecule has 1 heterocycles. The zero-order valence-corrected chi connectivity index (χ0v) is 12.1. The molecule has 0 saturated carbocycles. The molecule has 1 fully saturated rings. The second-order valence-corrected chi connectivity index (χ2v) is 6.95. The third kappa shape index (κ3) is 2.31. The average molecular weight is 267 g/mol. The van der Waals surface area contributed by atoms with Crippen LogP contribution in [0.5, 0.6) is 0 Å². The molecule has 0 radical (unpaired) electrons. The van der Waals surface area contributed by atoms with Gasteiger partial charge in [0.25, 0.3) is 0 Å². The average Bonchev–Trinajstić information content (AvgIpc) is 2.81. The lowest BCUT2D eigenvalue weighted by molar-refractivity contribution is 0.379. The molecular formula is C14H21NO2S. The Kier molecular flexibility index (Phi) is 3.78. The number of nitrogens with zero attached hydrogens (tertiary/aromatic N) is 1. The molecule has 1 aromatic carbocycles. The number of benzene rings is 1. The molecule has 0 bridgehead atoms. The van der Waals surface area contributed by atoms with E-state index in [0.717, 1.165) is 30.4 Å². The number of hydrogen-bond acceptors (Lipinski definition) is 2. The van der Waals surface area contributed by atoms with E-state index < -0.39 is 10.0 Å². The molecule has 100 valence electrons. The third-order valence-electron chi connectivity index (χ3n) is 3.72. The molecule has 1 aliphatic rings. The van der Waals surface area contributed by atoms with Crippen molar-refractivity contribution in [1.82, 2.24) is 4.31 Å². The predicted octanol–water partition coefficient (Wildman–Crippen LogP) is 2.87. The molecule has 1 aliphatic heterocycles. The first-order chi connectivity index (χ1) is 8.46. The van der Waals surface area contributed by atoms with E-state index in [1.165, 1.54) is 0 Å². The summed E-state index contributed by atoms with van der Waals surface area (Å²) in [6.07, 6.45) is 2.85. The molecule has 0 aliphatic carbocycles. The fraction of sp³-hybridized carbons (Fsp3) is 0.571. The van der Waals surface area contributed by atoms with Gasteiger partial charge < -0.3 is 0 Å². The largest absolute Gasteiger partial charge is 0.243 e. The highest BCUT2D eigenvalue weighted by atomic mass is 32.2. The van der Waals surface area contributed by atoms with Crippen molar-refractivity contribution >= 4 is 10.0 Å². The second kappa shape index (κ2) is 5.02. The van der Waals surface area contributed by atoms with Gasteiger partial charge in [0.15, 0.2) is 0 Å². The van der Waals surface area contributed by atoms with Crippen LogP contribution in [0.15, 0.2) is 23.1 Å². The molecule has 1 aromatic rings. The van der Waals surface area contributed by atoms with Crippen molar-refractivity contribution in [2.45, 2.75) is 51.0 Å². The Labute approximate surface area is 110 Å². The molecule has 18 heavy (non-hydrogen) atoms. The van der Waals surface area contributed by atoms with E-state index in [4.69, 9.17) is 0 Å². The second-order valence-electron chi connectivity index (χ2n) is 5.09. The molecule has 1 saturated heterocycles. The van der Waals surface area contributed by atoms with Gasteiger partial charge in [0.05, 0.1) is 4.90 Å². The third-order valence-corrected chi connectivity index (χ3v) is 5.82. The number of sulfonamides is 1. The van der Waals surface area contributed by atoms with Crippen molar-refractivity contribution in [2.24, 2.45) is 0 Å². The highest BCUT2D eigenvalue weighted by molar-refractivity contribution is 7.89. The zero-order valence-electron chi connectivity index (χ0n) is 11.3. The Morgan fingerprint density at radius 1 is 1.33 bits per heavy atom. The van der Waals surface area contributed by atoms with Gasteiger partial charge in [-0.2, -0.15) is 4.31 Å². The highest BCUT2D eigenvalue weighted by Crippen LogP contribution is 2.29. The maximum atomic E-state index is 12.7. The van der Waals surface area contributed by atoms with Gasteiger partial charge in [-0.3, -0.25) is 0 Å². The first kappa shape index (κ1) is 13.6. The van der Waals surface area contributed by atoms with Crippen molar-refractivity contribution in [1.29, 1.82) is 0 Å². The maximum absolute atomic E-state index is 12.7. The standard InChI is InChI=1S/C14H21NO2S/c1-4-13-6-5-9-15(13)18(16,17)14-10-11(2)7-8-12(14)3/h7-8,10,13H,4-6,9H2,1-3H3. The van der Waals surface area contributed by atoms with E-state index in [1.807, 2.05) is 26.0 Å². The quantitative estimate of drug-likeness (QED) is 0.844. The Bertz CT molecular complexity index is 537. The smallest absolute Gasteiger partial charge is 0.207 e. The van der Waals surface area contributed by atoms with Gasteiger partial charge in [-0.05, 0) is 50.3 Å². The SMILES string of the molecule is CCC1CCCN1S(=O)(=O)c1cc(C)ccc1C. The maximum Gasteiger partial charge on any atom is 0.243 e. The highest BCUT2D eigenvalue weighted by Gasteiger charge is 2.34. The lowest BCUT2D eigenvalue weighted by Gasteiger charge is -2.24. The van der Waals surface area contributed by atoms with E-state index in [2.05, 4.69) is 6.92 Å². The van der Waals surface area contributed by atoms with Gasteiger partial charge in [0, 0.05) is 12.6 Å². The van der Waals surface area contributed by atoms with E-state index in [9.17, 15) is 8.42 Å². The van der Waals surface area contributed by atoms with E-state index in [1.54, 1.807) is 10.4 Å². The first-order valence-corrected chi connectivity index (χ1v) is 8.00. The summed E-state index contributed by atoms with van der Waals surface area (Å²) in [6.45, 7) is 6.51. The van der Waals surface area contributed by atoms with Gasteiger partial charge >= 0.3 is 0 Å². The minimum absolute atomic E-state index is 0.176. The fourth-order valence-corrected chi connectivity index (χ4v) is 4.72. The van der Waals surface area contributed by atoms with Crippen molar-refractivity contribution in [3.63, 3.8) is 0 Å². The Morgan fingerprint density at radius 2 is 2.06 bits per heavy atom. The van der Waals surface area contributed by atoms with Gasteiger partial charge in [-0.15, -0.1) is 0 Å². The van der Waals surface area contributed by atoms with Crippen molar-refractivity contribution in [3.8, 4) is 0 Å². The topological polar surface area (TPSA) is 37.4 Å². The molecule has 0 N–H and O–H groups in total. The fourth-order valence-electron chi connectivity index (χ4n) is 2.65. The molecule has 0 amide bonds. The van der Waals surface area contributed by atoms with Crippen molar-refractivity contribution < 1.29 is 8.42 Å². The summed E-state index contributed by atoms with van der Waals surface area (Å²) >= 11 is 0. The molecule has 0 spiro atoms. The Balaban J connectivity index is 2.45. The molecule has 1 atom stereocenters. The summed E-state index contributed by atoms with van der Waals surface area (Å²) < 4.78 is 27.1. The minimum Gasteiger partial charge on any atom is -0.207 e. The van der Waals surface area contributed by atoms with Crippen LogP contribution in [0.3, 0.4) is 0 Å². The molecule has 4 heteroatoms. The predicted molar refractivity (Wildman–Crippen MR) is 73.1 cm³/mol. The molecule has 0 aromatic heterocycles. The van der Waals surface area contributed by atoms with Crippen LogP contribution >= 0.6 is 0 Å². The van der Waals surface area contributed by atoms with Gasteiger partial charge in [-0.25, -0.2) is 8.42 Å². The van der Waals surface area contributed by atoms with Crippen LogP contribution in [-0.4, -0.2) is 25.3 Å². The molecule has 2 rings (SSSR count). The molecular weight excluding hydrogens is 246 g/mol. The van der Waals surface area contributed by atoms with Crippen LogP contribution in [0.2, 0.25) is 0 Å². The summed E-state index contributed by atoms with van der Waals surface area (Å²) in [6, 6.07) is 5.81. The molecule has 3 nitrogen and oxygen atoms in total. The van der Waals surface area contributed by atoms with Gasteiger partial charge in [0.2, 0.25) is 10.0 Å². The van der Waals surface area contributed by atoms with Crippen LogP contribution in [-0.2, 0) is 10.0 Å². The minimum atomic E-state index is -3.32. The van der Waals surface area contributed by atoms with E-state index >= 15 is 0 Å². The van der Waals surface area contributed by atoms with Crippen LogP contribution in [0.4, 0.5) is 0 Å². The van der Waals surface area contributed by atoms with Gasteiger partial charge in [-0.1, -0.05) is 19.1 Å². The van der Waals surface area contributed by atoms with Crippen LogP contribution in [0.1, 0.15) is 37.3 Å². The van der Waals surface area contributed by atoms with Crippen LogP contribution in [0, 0.1) is 13.8 Å². The first-order valence-electron chi connectivity index (χ1n) is 6.56. The van der Waals surface area contributed by atoms with Gasteiger partial charge in [0.1, 0.15) is 0 Å². The molecule has 1 unspecified atom stereocenters. The van der Waals surface area contributed by atoms with E-state index in [-0.39, 0.29) is 6.04 Å².